The molecule has 6 heteroatoms. The van der Waals surface area contributed by atoms with Crippen LogP contribution in [0.3, 0.4) is 0 Å². The van der Waals surface area contributed by atoms with Gasteiger partial charge in [-0.1, -0.05) is 83.9 Å². The number of benzene rings is 4. The Morgan fingerprint density at radius 1 is 0.500 bits per heavy atom. The predicted octanol–water partition coefficient (Wildman–Crippen LogP) is 7.10. The maximum Gasteiger partial charge on any atom is 0.345 e. The van der Waals surface area contributed by atoms with E-state index in [-0.39, 0.29) is 11.1 Å². The number of hydrogen-bond acceptors (Lipinski definition) is 4. The van der Waals surface area contributed by atoms with E-state index >= 15 is 0 Å². The minimum absolute atomic E-state index is 0.252. The molecule has 4 aromatic carbocycles. The van der Waals surface area contributed by atoms with E-state index in [9.17, 15) is 9.59 Å². The van der Waals surface area contributed by atoms with Crippen molar-refractivity contribution in [2.24, 2.45) is 0 Å². The van der Waals surface area contributed by atoms with Gasteiger partial charge < -0.3 is 9.47 Å². The summed E-state index contributed by atoms with van der Waals surface area (Å²) in [5, 5.41) is 0.591. The maximum absolute atomic E-state index is 12.7. The Morgan fingerprint density at radius 3 is 1.25 bits per heavy atom. The van der Waals surface area contributed by atoms with Crippen LogP contribution in [0.25, 0.3) is 11.1 Å². The number of esters is 2. The van der Waals surface area contributed by atoms with E-state index < -0.39 is 11.9 Å². The number of carbonyl (C=O) groups excluding carboxylic acids is 2. The van der Waals surface area contributed by atoms with Crippen LogP contribution >= 0.6 is 23.2 Å². The van der Waals surface area contributed by atoms with Crippen molar-refractivity contribution in [3.63, 3.8) is 0 Å². The SMILES string of the molecule is O=C(Oc1ccccc1-c1ccccc1OC(=O)c1ccccc1Cl)c1ccccc1Cl. The number of ether oxygens (including phenoxy) is 2. The summed E-state index contributed by atoms with van der Waals surface area (Å²) >= 11 is 12.3. The molecule has 0 bridgehead atoms. The summed E-state index contributed by atoms with van der Waals surface area (Å²) in [7, 11) is 0. The molecule has 0 fully saturated rings. The van der Waals surface area contributed by atoms with Gasteiger partial charge in [0.15, 0.2) is 0 Å². The number of rotatable bonds is 5. The highest BCUT2D eigenvalue weighted by Gasteiger charge is 2.19. The highest BCUT2D eigenvalue weighted by molar-refractivity contribution is 6.34. The van der Waals surface area contributed by atoms with Gasteiger partial charge in [-0.3, -0.25) is 0 Å². The summed E-state index contributed by atoms with van der Waals surface area (Å²) in [6.07, 6.45) is 0. The van der Waals surface area contributed by atoms with Crippen LogP contribution in [0.15, 0.2) is 97.1 Å². The van der Waals surface area contributed by atoms with Crippen LogP contribution in [-0.2, 0) is 0 Å². The van der Waals surface area contributed by atoms with Gasteiger partial charge >= 0.3 is 11.9 Å². The third-order valence-electron chi connectivity index (χ3n) is 4.66. The topological polar surface area (TPSA) is 52.6 Å². The summed E-state index contributed by atoms with van der Waals surface area (Å²) < 4.78 is 11.3. The quantitative estimate of drug-likeness (QED) is 0.234. The first-order chi connectivity index (χ1) is 15.5. The van der Waals surface area contributed by atoms with E-state index in [4.69, 9.17) is 32.7 Å². The normalized spacial score (nSPS) is 10.4. The predicted molar refractivity (Wildman–Crippen MR) is 125 cm³/mol. The first-order valence-corrected chi connectivity index (χ1v) is 10.4. The number of halogens is 2. The average molecular weight is 463 g/mol. The minimum atomic E-state index is -0.589. The van der Waals surface area contributed by atoms with Crippen molar-refractivity contribution >= 4 is 35.1 Å². The zero-order valence-corrected chi connectivity index (χ0v) is 18.1. The molecule has 0 unspecified atom stereocenters. The molecule has 4 rings (SSSR count). The van der Waals surface area contributed by atoms with Gasteiger partial charge in [-0.15, -0.1) is 0 Å². The first kappa shape index (κ1) is 21.6. The molecule has 0 saturated heterocycles. The van der Waals surface area contributed by atoms with Crippen LogP contribution in [0.5, 0.6) is 11.5 Å². The highest BCUT2D eigenvalue weighted by Crippen LogP contribution is 2.37. The second-order valence-corrected chi connectivity index (χ2v) is 7.55. The largest absolute Gasteiger partial charge is 0.422 e. The Hall–Kier alpha value is -3.60. The van der Waals surface area contributed by atoms with Crippen molar-refractivity contribution in [1.29, 1.82) is 0 Å². The van der Waals surface area contributed by atoms with Gasteiger partial charge in [0.05, 0.1) is 21.2 Å². The van der Waals surface area contributed by atoms with E-state index in [1.165, 1.54) is 0 Å². The molecule has 32 heavy (non-hydrogen) atoms. The summed E-state index contributed by atoms with van der Waals surface area (Å²) in [5.41, 5.74) is 1.66. The minimum Gasteiger partial charge on any atom is -0.422 e. The number of carbonyl (C=O) groups is 2. The Morgan fingerprint density at radius 2 is 0.844 bits per heavy atom. The van der Waals surface area contributed by atoms with Gasteiger partial charge in [0.1, 0.15) is 11.5 Å². The van der Waals surface area contributed by atoms with Crippen LogP contribution in [0.4, 0.5) is 0 Å². The molecular weight excluding hydrogens is 447 g/mol. The molecule has 4 nitrogen and oxygen atoms in total. The fourth-order valence-electron chi connectivity index (χ4n) is 3.12. The molecule has 0 spiro atoms. The maximum atomic E-state index is 12.7. The van der Waals surface area contributed by atoms with E-state index in [2.05, 4.69) is 0 Å². The van der Waals surface area contributed by atoms with Crippen molar-refractivity contribution < 1.29 is 19.1 Å². The molecule has 4 aromatic rings. The lowest BCUT2D eigenvalue weighted by Gasteiger charge is -2.14. The van der Waals surface area contributed by atoms with Crippen molar-refractivity contribution in [1.82, 2.24) is 0 Å². The van der Waals surface area contributed by atoms with E-state index in [1.807, 2.05) is 0 Å². The molecule has 0 aliphatic rings. The first-order valence-electron chi connectivity index (χ1n) is 9.66. The van der Waals surface area contributed by atoms with Gasteiger partial charge in [0.2, 0.25) is 0 Å². The van der Waals surface area contributed by atoms with Crippen LogP contribution in [-0.4, -0.2) is 11.9 Å². The molecule has 0 N–H and O–H groups in total. The molecule has 0 radical (unpaired) electrons. The molecule has 0 aliphatic heterocycles. The fourth-order valence-corrected chi connectivity index (χ4v) is 3.55. The molecule has 0 aliphatic carbocycles. The van der Waals surface area contributed by atoms with Gasteiger partial charge in [0, 0.05) is 11.1 Å². The summed E-state index contributed by atoms with van der Waals surface area (Å²) in [5.74, 6) is -0.570. The zero-order chi connectivity index (χ0) is 22.5. The Labute approximate surface area is 194 Å². The third-order valence-corrected chi connectivity index (χ3v) is 5.32. The van der Waals surface area contributed by atoms with E-state index in [1.54, 1.807) is 97.1 Å². The van der Waals surface area contributed by atoms with Crippen LogP contribution in [0.2, 0.25) is 10.0 Å². The second kappa shape index (κ2) is 9.69. The molecule has 158 valence electrons. The Balaban J connectivity index is 1.67. The van der Waals surface area contributed by atoms with Crippen LogP contribution < -0.4 is 9.47 Å². The van der Waals surface area contributed by atoms with Crippen LogP contribution in [0, 0.1) is 0 Å². The number of hydrogen-bond donors (Lipinski definition) is 0. The van der Waals surface area contributed by atoms with Gasteiger partial charge in [-0.25, -0.2) is 9.59 Å². The molecule has 0 aromatic heterocycles. The van der Waals surface area contributed by atoms with Crippen LogP contribution in [0.1, 0.15) is 20.7 Å². The summed E-state index contributed by atoms with van der Waals surface area (Å²) in [4.78, 5) is 25.4. The zero-order valence-electron chi connectivity index (χ0n) is 16.6. The summed E-state index contributed by atoms with van der Waals surface area (Å²) in [6, 6.07) is 27.3. The van der Waals surface area contributed by atoms with E-state index in [0.29, 0.717) is 32.7 Å². The van der Waals surface area contributed by atoms with Gasteiger partial charge in [-0.05, 0) is 36.4 Å². The smallest absolute Gasteiger partial charge is 0.345 e. The standard InChI is InChI=1S/C26H16Cl2O4/c27-21-13-5-1-11-19(21)25(29)31-23-15-7-3-9-17(23)18-10-4-8-16-24(18)32-26(30)20-12-2-6-14-22(20)28/h1-16H. The molecule has 0 saturated carbocycles. The van der Waals surface area contributed by atoms with Crippen molar-refractivity contribution in [3.05, 3.63) is 118 Å². The van der Waals surface area contributed by atoms with Gasteiger partial charge in [0.25, 0.3) is 0 Å². The lowest BCUT2D eigenvalue weighted by atomic mass is 10.0. The summed E-state index contributed by atoms with van der Waals surface area (Å²) in [6.45, 7) is 0. The van der Waals surface area contributed by atoms with Crippen molar-refractivity contribution in [2.45, 2.75) is 0 Å². The monoisotopic (exact) mass is 462 g/mol. The highest BCUT2D eigenvalue weighted by atomic mass is 35.5. The molecular formula is C26H16Cl2O4. The van der Waals surface area contributed by atoms with Crippen molar-refractivity contribution in [3.8, 4) is 22.6 Å². The second-order valence-electron chi connectivity index (χ2n) is 6.73. The Kier molecular flexibility index (Phi) is 6.55. The van der Waals surface area contributed by atoms with Gasteiger partial charge in [-0.2, -0.15) is 0 Å². The fraction of sp³-hybridized carbons (Fsp3) is 0. The lowest BCUT2D eigenvalue weighted by Crippen LogP contribution is -2.11. The molecule has 0 heterocycles. The van der Waals surface area contributed by atoms with Crippen molar-refractivity contribution in [2.75, 3.05) is 0 Å². The Bertz CT molecular complexity index is 1200. The third kappa shape index (κ3) is 4.67. The lowest BCUT2D eigenvalue weighted by molar-refractivity contribution is 0.0723. The molecule has 0 atom stereocenters. The van der Waals surface area contributed by atoms with E-state index in [0.717, 1.165) is 0 Å². The number of para-hydroxylation sites is 2. The molecule has 0 amide bonds. The average Bonchev–Trinajstić information content (AvgIpc) is 2.80.